The third kappa shape index (κ3) is 4.65. The second-order valence-electron chi connectivity index (χ2n) is 7.81. The van der Waals surface area contributed by atoms with E-state index in [1.54, 1.807) is 10.3 Å². The number of aromatic nitrogens is 1. The Morgan fingerprint density at radius 1 is 1.09 bits per heavy atom. The monoisotopic (exact) mass is 486 g/mol. The molecule has 2 heterocycles. The quantitative estimate of drug-likeness (QED) is 0.403. The van der Waals surface area contributed by atoms with E-state index in [9.17, 15) is 23.3 Å². The van der Waals surface area contributed by atoms with E-state index in [0.29, 0.717) is 5.69 Å². The number of amides is 1. The number of rotatable bonds is 5. The molecule has 0 unspecified atom stereocenters. The average Bonchev–Trinajstić information content (AvgIpc) is 3.28. The minimum atomic E-state index is -3.89. The molecule has 0 bridgehead atoms. The number of carbonyl (C=O) groups excluding carboxylic acids is 1. The molecule has 0 spiro atoms. The van der Waals surface area contributed by atoms with Crippen LogP contribution in [0, 0.1) is 24.0 Å². The van der Waals surface area contributed by atoms with Gasteiger partial charge in [-0.2, -0.15) is 4.31 Å². The van der Waals surface area contributed by atoms with E-state index < -0.39 is 14.9 Å². The molecule has 1 saturated heterocycles. The maximum atomic E-state index is 13.0. The molecule has 33 heavy (non-hydrogen) atoms. The van der Waals surface area contributed by atoms with Gasteiger partial charge >= 0.3 is 0 Å². The van der Waals surface area contributed by atoms with E-state index in [1.807, 2.05) is 26.0 Å². The van der Waals surface area contributed by atoms with Crippen molar-refractivity contribution in [3.05, 3.63) is 74.8 Å². The van der Waals surface area contributed by atoms with E-state index in [-0.39, 0.29) is 42.7 Å². The smallest absolute Gasteiger partial charge is 0.273 e. The van der Waals surface area contributed by atoms with Crippen LogP contribution in [0.4, 0.5) is 5.69 Å². The lowest BCUT2D eigenvalue weighted by atomic mass is 10.1. The highest BCUT2D eigenvalue weighted by Crippen LogP contribution is 2.28. The fourth-order valence-corrected chi connectivity index (χ4v) is 6.10. The normalized spacial score (nSPS) is 14.9. The van der Waals surface area contributed by atoms with Gasteiger partial charge in [-0.3, -0.25) is 14.9 Å². The Balaban J connectivity index is 1.45. The predicted octanol–water partition coefficient (Wildman–Crippen LogP) is 3.48. The van der Waals surface area contributed by atoms with Crippen LogP contribution in [0.2, 0.25) is 0 Å². The molecular formula is C22H22N4O5S2. The highest BCUT2D eigenvalue weighted by molar-refractivity contribution is 7.89. The molecule has 1 aliphatic rings. The largest absolute Gasteiger partial charge is 0.335 e. The minimum Gasteiger partial charge on any atom is -0.335 e. The van der Waals surface area contributed by atoms with Crippen LogP contribution in [0.25, 0.3) is 10.6 Å². The van der Waals surface area contributed by atoms with Gasteiger partial charge in [-0.25, -0.2) is 13.4 Å². The van der Waals surface area contributed by atoms with Crippen LogP contribution in [-0.4, -0.2) is 59.6 Å². The molecule has 3 aromatic rings. The summed E-state index contributed by atoms with van der Waals surface area (Å²) in [6.07, 6.45) is 0. The second kappa shape index (κ2) is 9.00. The number of non-ortho nitro benzene ring substituents is 1. The summed E-state index contributed by atoms with van der Waals surface area (Å²) in [7, 11) is -3.89. The van der Waals surface area contributed by atoms with Crippen molar-refractivity contribution in [2.24, 2.45) is 0 Å². The number of sulfonamides is 1. The van der Waals surface area contributed by atoms with Crippen molar-refractivity contribution < 1.29 is 18.1 Å². The molecule has 1 aliphatic heterocycles. The molecule has 9 nitrogen and oxygen atoms in total. The summed E-state index contributed by atoms with van der Waals surface area (Å²) in [5, 5.41) is 13.5. The molecule has 0 atom stereocenters. The summed E-state index contributed by atoms with van der Waals surface area (Å²) < 4.78 is 27.1. The molecule has 1 aromatic heterocycles. The van der Waals surface area contributed by atoms with Crippen LogP contribution < -0.4 is 0 Å². The standard InChI is InChI=1S/C22H22N4O5S2/c1-15-6-7-19(16(2)12-15)21-23-20(14-32-21)22(27)24-8-10-25(11-9-24)33(30,31)18-5-3-4-17(13-18)26(28)29/h3-7,12-14H,8-11H2,1-2H3. The number of nitro benzene ring substituents is 1. The molecule has 0 N–H and O–H groups in total. The molecule has 0 radical (unpaired) electrons. The first-order valence-corrected chi connectivity index (χ1v) is 12.6. The van der Waals surface area contributed by atoms with Crippen molar-refractivity contribution in [3.8, 4) is 10.6 Å². The Labute approximate surface area is 195 Å². The Bertz CT molecular complexity index is 1330. The molecule has 0 saturated carbocycles. The predicted molar refractivity (Wildman–Crippen MR) is 125 cm³/mol. The highest BCUT2D eigenvalue weighted by Gasteiger charge is 2.32. The first-order chi connectivity index (χ1) is 15.7. The van der Waals surface area contributed by atoms with E-state index in [2.05, 4.69) is 11.1 Å². The van der Waals surface area contributed by atoms with Crippen LogP contribution in [0.15, 0.2) is 52.7 Å². The van der Waals surface area contributed by atoms with E-state index in [1.165, 1.54) is 33.8 Å². The number of piperazine rings is 1. The van der Waals surface area contributed by atoms with Gasteiger partial charge in [0, 0.05) is 49.3 Å². The van der Waals surface area contributed by atoms with Crippen molar-refractivity contribution in [1.29, 1.82) is 0 Å². The number of hydrogen-bond acceptors (Lipinski definition) is 7. The fraction of sp³-hybridized carbons (Fsp3) is 0.273. The Hall–Kier alpha value is -3.15. The lowest BCUT2D eigenvalue weighted by molar-refractivity contribution is -0.385. The zero-order valence-corrected chi connectivity index (χ0v) is 19.7. The van der Waals surface area contributed by atoms with Crippen LogP contribution >= 0.6 is 11.3 Å². The van der Waals surface area contributed by atoms with Gasteiger partial charge in [-0.15, -0.1) is 11.3 Å². The number of hydrogen-bond donors (Lipinski definition) is 0. The Kier molecular flexibility index (Phi) is 6.28. The van der Waals surface area contributed by atoms with E-state index in [4.69, 9.17) is 0 Å². The Morgan fingerprint density at radius 2 is 1.82 bits per heavy atom. The first-order valence-electron chi connectivity index (χ1n) is 10.2. The van der Waals surface area contributed by atoms with Gasteiger partial charge < -0.3 is 4.90 Å². The molecule has 11 heteroatoms. The first kappa shape index (κ1) is 23.0. The summed E-state index contributed by atoms with van der Waals surface area (Å²) in [6, 6.07) is 11.1. The fourth-order valence-electron chi connectivity index (χ4n) is 3.75. The van der Waals surface area contributed by atoms with Gasteiger partial charge in [-0.05, 0) is 25.5 Å². The topological polar surface area (TPSA) is 114 Å². The van der Waals surface area contributed by atoms with Crippen molar-refractivity contribution in [2.45, 2.75) is 18.7 Å². The summed E-state index contributed by atoms with van der Waals surface area (Å²) in [5.74, 6) is -0.241. The van der Waals surface area contributed by atoms with Crippen molar-refractivity contribution in [3.63, 3.8) is 0 Å². The Morgan fingerprint density at radius 3 is 2.48 bits per heavy atom. The zero-order chi connectivity index (χ0) is 23.8. The average molecular weight is 487 g/mol. The third-order valence-corrected chi connectivity index (χ3v) is 8.30. The summed E-state index contributed by atoms with van der Waals surface area (Å²) in [4.78, 5) is 29.3. The van der Waals surface area contributed by atoms with Gasteiger partial charge in [-0.1, -0.05) is 29.8 Å². The van der Waals surface area contributed by atoms with Gasteiger partial charge in [0.15, 0.2) is 0 Å². The van der Waals surface area contributed by atoms with Gasteiger partial charge in [0.05, 0.1) is 9.82 Å². The van der Waals surface area contributed by atoms with Gasteiger partial charge in [0.2, 0.25) is 10.0 Å². The number of carbonyl (C=O) groups is 1. The zero-order valence-electron chi connectivity index (χ0n) is 18.1. The molecule has 1 amide bonds. The van der Waals surface area contributed by atoms with E-state index in [0.717, 1.165) is 27.8 Å². The molecule has 4 rings (SSSR count). The summed E-state index contributed by atoms with van der Waals surface area (Å²) in [6.45, 7) is 4.65. The van der Waals surface area contributed by atoms with Crippen molar-refractivity contribution in [2.75, 3.05) is 26.2 Å². The van der Waals surface area contributed by atoms with Crippen molar-refractivity contribution in [1.82, 2.24) is 14.2 Å². The molecule has 172 valence electrons. The summed E-state index contributed by atoms with van der Waals surface area (Å²) >= 11 is 1.40. The third-order valence-electron chi connectivity index (χ3n) is 5.53. The minimum absolute atomic E-state index is 0.102. The number of benzene rings is 2. The van der Waals surface area contributed by atoms with Gasteiger partial charge in [0.25, 0.3) is 11.6 Å². The number of nitrogens with zero attached hydrogens (tertiary/aromatic N) is 4. The van der Waals surface area contributed by atoms with Crippen LogP contribution in [0.3, 0.4) is 0 Å². The van der Waals surface area contributed by atoms with Crippen LogP contribution in [0.5, 0.6) is 0 Å². The molecule has 2 aromatic carbocycles. The maximum absolute atomic E-state index is 13.0. The van der Waals surface area contributed by atoms with Crippen LogP contribution in [0.1, 0.15) is 21.6 Å². The van der Waals surface area contributed by atoms with Crippen molar-refractivity contribution >= 4 is 33.0 Å². The maximum Gasteiger partial charge on any atom is 0.273 e. The van der Waals surface area contributed by atoms with Crippen LogP contribution in [-0.2, 0) is 10.0 Å². The molecule has 0 aliphatic carbocycles. The highest BCUT2D eigenvalue weighted by atomic mass is 32.2. The number of nitro groups is 1. The second-order valence-corrected chi connectivity index (χ2v) is 10.6. The van der Waals surface area contributed by atoms with E-state index >= 15 is 0 Å². The lowest BCUT2D eigenvalue weighted by Gasteiger charge is -2.33. The summed E-state index contributed by atoms with van der Waals surface area (Å²) in [5.41, 5.74) is 3.28. The SMILES string of the molecule is Cc1ccc(-c2nc(C(=O)N3CCN(S(=O)(=O)c4cccc([N+](=O)[O-])c4)CC3)cs2)c(C)c1. The molecule has 1 fully saturated rings. The molecular weight excluding hydrogens is 464 g/mol. The number of aryl methyl sites for hydroxylation is 2. The number of thiazole rings is 1. The lowest BCUT2D eigenvalue weighted by Crippen LogP contribution is -2.50. The van der Waals surface area contributed by atoms with Gasteiger partial charge in [0.1, 0.15) is 10.7 Å².